The zero-order chi connectivity index (χ0) is 13.3. The summed E-state index contributed by atoms with van der Waals surface area (Å²) in [7, 11) is 0. The first kappa shape index (κ1) is 13.6. The molecule has 1 nitrogen and oxygen atoms in total. The van der Waals surface area contributed by atoms with Crippen LogP contribution in [0.2, 0.25) is 0 Å². The van der Waals surface area contributed by atoms with Crippen molar-refractivity contribution in [3.05, 3.63) is 50.9 Å². The van der Waals surface area contributed by atoms with E-state index in [1.54, 1.807) is 0 Å². The van der Waals surface area contributed by atoms with Crippen LogP contribution in [0.4, 0.5) is 0 Å². The fourth-order valence-electron chi connectivity index (χ4n) is 1.98. The lowest BCUT2D eigenvalue weighted by Crippen LogP contribution is -1.92. The summed E-state index contributed by atoms with van der Waals surface area (Å²) in [5, 5.41) is 9.76. The summed E-state index contributed by atoms with van der Waals surface area (Å²) >= 11 is 6.75. The van der Waals surface area contributed by atoms with E-state index < -0.39 is 0 Å². The Hall–Kier alpha value is -0.800. The Morgan fingerprint density at radius 3 is 2.11 bits per heavy atom. The van der Waals surface area contributed by atoms with Crippen molar-refractivity contribution >= 4 is 31.9 Å². The van der Waals surface area contributed by atoms with E-state index in [0.29, 0.717) is 14.9 Å². The second-order valence-electron chi connectivity index (χ2n) is 4.53. The molecular formula is C15H14Br2O. The fraction of sp³-hybridized carbons (Fsp3) is 0.200. The van der Waals surface area contributed by atoms with Crippen molar-refractivity contribution in [2.24, 2.45) is 0 Å². The van der Waals surface area contributed by atoms with Crippen LogP contribution in [0.15, 0.2) is 45.3 Å². The molecule has 0 fully saturated rings. The molecule has 3 heteroatoms. The van der Waals surface area contributed by atoms with Crippen LogP contribution in [0.1, 0.15) is 25.3 Å². The third-order valence-corrected chi connectivity index (χ3v) is 4.12. The van der Waals surface area contributed by atoms with Crippen molar-refractivity contribution in [3.8, 4) is 16.9 Å². The van der Waals surface area contributed by atoms with E-state index in [4.69, 9.17) is 0 Å². The van der Waals surface area contributed by atoms with E-state index in [2.05, 4.69) is 63.9 Å². The normalized spacial score (nSPS) is 10.9. The number of phenols is 1. The molecule has 2 rings (SSSR count). The monoisotopic (exact) mass is 368 g/mol. The molecule has 0 aromatic heterocycles. The summed E-state index contributed by atoms with van der Waals surface area (Å²) < 4.78 is 1.40. The van der Waals surface area contributed by atoms with Gasteiger partial charge in [-0.15, -0.1) is 0 Å². The third kappa shape index (κ3) is 2.62. The molecule has 0 aliphatic rings. The van der Waals surface area contributed by atoms with E-state index in [0.717, 1.165) is 5.56 Å². The van der Waals surface area contributed by atoms with E-state index in [1.807, 2.05) is 18.2 Å². The highest BCUT2D eigenvalue weighted by Crippen LogP contribution is 2.38. The van der Waals surface area contributed by atoms with Crippen LogP contribution in [0.25, 0.3) is 11.1 Å². The second-order valence-corrected chi connectivity index (χ2v) is 6.24. The molecule has 0 unspecified atom stereocenters. The lowest BCUT2D eigenvalue weighted by Gasteiger charge is -2.14. The number of phenolic OH excluding ortho intramolecular Hbond substituents is 1. The van der Waals surface area contributed by atoms with Gasteiger partial charge < -0.3 is 5.11 Å². The van der Waals surface area contributed by atoms with Crippen molar-refractivity contribution < 1.29 is 5.11 Å². The van der Waals surface area contributed by atoms with Crippen molar-refractivity contribution in [2.75, 3.05) is 0 Å². The van der Waals surface area contributed by atoms with Gasteiger partial charge in [-0.25, -0.2) is 0 Å². The molecular weight excluding hydrogens is 356 g/mol. The summed E-state index contributed by atoms with van der Waals surface area (Å²) in [6, 6.07) is 12.2. The molecule has 0 amide bonds. The van der Waals surface area contributed by atoms with Crippen LogP contribution >= 0.6 is 31.9 Å². The van der Waals surface area contributed by atoms with Crippen LogP contribution in [-0.2, 0) is 0 Å². The Kier molecular flexibility index (Phi) is 4.13. The van der Waals surface area contributed by atoms with Gasteiger partial charge in [0.15, 0.2) is 0 Å². The highest BCUT2D eigenvalue weighted by Gasteiger charge is 2.11. The molecule has 2 aromatic carbocycles. The van der Waals surface area contributed by atoms with Gasteiger partial charge in [-0.2, -0.15) is 0 Å². The van der Waals surface area contributed by atoms with Crippen LogP contribution in [0, 0.1) is 0 Å². The molecule has 2 aromatic rings. The summed E-state index contributed by atoms with van der Waals surface area (Å²) in [6.07, 6.45) is 0. The molecule has 18 heavy (non-hydrogen) atoms. The fourth-order valence-corrected chi connectivity index (χ4v) is 3.17. The summed E-state index contributed by atoms with van der Waals surface area (Å²) in [5.74, 6) is 0.702. The molecule has 0 bridgehead atoms. The molecule has 94 valence electrons. The van der Waals surface area contributed by atoms with E-state index in [9.17, 15) is 5.11 Å². The van der Waals surface area contributed by atoms with Crippen LogP contribution in [-0.4, -0.2) is 5.11 Å². The molecule has 0 radical (unpaired) electrons. The minimum atomic E-state index is 0.237. The van der Waals surface area contributed by atoms with Gasteiger partial charge in [-0.05, 0) is 66.6 Å². The highest BCUT2D eigenvalue weighted by atomic mass is 79.9. The smallest absolute Gasteiger partial charge is 0.143 e. The second kappa shape index (κ2) is 5.45. The number of hydrogen-bond acceptors (Lipinski definition) is 1. The lowest BCUT2D eigenvalue weighted by molar-refractivity contribution is 0.468. The van der Waals surface area contributed by atoms with Crippen LogP contribution in [0.3, 0.4) is 0 Å². The van der Waals surface area contributed by atoms with Crippen molar-refractivity contribution in [3.63, 3.8) is 0 Å². The molecule has 0 saturated heterocycles. The Labute approximate surface area is 124 Å². The average Bonchev–Trinajstić information content (AvgIpc) is 2.35. The van der Waals surface area contributed by atoms with Crippen LogP contribution < -0.4 is 0 Å². The van der Waals surface area contributed by atoms with Gasteiger partial charge in [-0.3, -0.25) is 0 Å². The highest BCUT2D eigenvalue weighted by molar-refractivity contribution is 9.11. The van der Waals surface area contributed by atoms with E-state index >= 15 is 0 Å². The number of halogens is 2. The summed E-state index contributed by atoms with van der Waals surface area (Å²) in [6.45, 7) is 4.37. The average molecular weight is 370 g/mol. The summed E-state index contributed by atoms with van der Waals surface area (Å²) in [5.41, 5.74) is 3.60. The predicted molar refractivity (Wildman–Crippen MR) is 83.0 cm³/mol. The Morgan fingerprint density at radius 2 is 1.56 bits per heavy atom. The third-order valence-electron chi connectivity index (χ3n) is 2.91. The van der Waals surface area contributed by atoms with E-state index in [-0.39, 0.29) is 5.75 Å². The van der Waals surface area contributed by atoms with Gasteiger partial charge >= 0.3 is 0 Å². The standard InChI is InChI=1S/C15H14Br2O/c1-9(2)11-5-3-4-6-12(11)10-7-13(16)15(18)14(17)8-10/h3-9,18H,1-2H3. The zero-order valence-corrected chi connectivity index (χ0v) is 13.4. The van der Waals surface area contributed by atoms with Crippen LogP contribution in [0.5, 0.6) is 5.75 Å². The molecule has 1 N–H and O–H groups in total. The molecule has 0 aliphatic carbocycles. The Bertz CT molecular complexity index is 553. The number of hydrogen-bond donors (Lipinski definition) is 1. The number of rotatable bonds is 2. The van der Waals surface area contributed by atoms with Gasteiger partial charge in [0.05, 0.1) is 8.95 Å². The molecule has 0 aliphatic heterocycles. The first-order valence-electron chi connectivity index (χ1n) is 5.78. The zero-order valence-electron chi connectivity index (χ0n) is 10.2. The largest absolute Gasteiger partial charge is 0.506 e. The maximum Gasteiger partial charge on any atom is 0.143 e. The molecule has 0 atom stereocenters. The predicted octanol–water partition coefficient (Wildman–Crippen LogP) is 5.71. The van der Waals surface area contributed by atoms with Crippen molar-refractivity contribution in [1.82, 2.24) is 0 Å². The summed E-state index contributed by atoms with van der Waals surface area (Å²) in [4.78, 5) is 0. The van der Waals surface area contributed by atoms with Gasteiger partial charge in [-0.1, -0.05) is 38.1 Å². The van der Waals surface area contributed by atoms with E-state index in [1.165, 1.54) is 11.1 Å². The Morgan fingerprint density at radius 1 is 1.00 bits per heavy atom. The topological polar surface area (TPSA) is 20.2 Å². The van der Waals surface area contributed by atoms with Gasteiger partial charge in [0.1, 0.15) is 5.75 Å². The van der Waals surface area contributed by atoms with Crippen molar-refractivity contribution in [1.29, 1.82) is 0 Å². The van der Waals surface area contributed by atoms with Crippen molar-refractivity contribution in [2.45, 2.75) is 19.8 Å². The maximum atomic E-state index is 9.76. The molecule has 0 heterocycles. The van der Waals surface area contributed by atoms with Gasteiger partial charge in [0.2, 0.25) is 0 Å². The quantitative estimate of drug-likeness (QED) is 0.718. The maximum absolute atomic E-state index is 9.76. The molecule has 0 saturated carbocycles. The first-order chi connectivity index (χ1) is 8.50. The first-order valence-corrected chi connectivity index (χ1v) is 7.36. The van der Waals surface area contributed by atoms with Gasteiger partial charge in [0.25, 0.3) is 0 Å². The Balaban J connectivity index is 2.62. The SMILES string of the molecule is CC(C)c1ccccc1-c1cc(Br)c(O)c(Br)c1. The minimum Gasteiger partial charge on any atom is -0.506 e. The molecule has 0 spiro atoms. The minimum absolute atomic E-state index is 0.237. The number of aromatic hydroxyl groups is 1. The number of benzene rings is 2. The lowest BCUT2D eigenvalue weighted by atomic mass is 9.93. The van der Waals surface area contributed by atoms with Gasteiger partial charge in [0, 0.05) is 0 Å².